The van der Waals surface area contributed by atoms with Crippen LogP contribution in [0.3, 0.4) is 0 Å². The predicted molar refractivity (Wildman–Crippen MR) is 115 cm³/mol. The van der Waals surface area contributed by atoms with E-state index in [-0.39, 0.29) is 17.3 Å². The summed E-state index contributed by atoms with van der Waals surface area (Å²) in [7, 11) is 0. The third-order valence-corrected chi connectivity index (χ3v) is 5.70. The summed E-state index contributed by atoms with van der Waals surface area (Å²) in [5.74, 6) is -0.514. The van der Waals surface area contributed by atoms with Gasteiger partial charge in [-0.2, -0.15) is 5.10 Å². The molecule has 0 aliphatic rings. The van der Waals surface area contributed by atoms with Crippen molar-refractivity contribution in [2.75, 3.05) is 0 Å². The number of para-hydroxylation sites is 1. The first-order valence-electron chi connectivity index (χ1n) is 9.02. The second-order valence-electron chi connectivity index (χ2n) is 6.58. The van der Waals surface area contributed by atoms with Crippen LogP contribution in [-0.4, -0.2) is 20.7 Å². The Morgan fingerprint density at radius 2 is 1.83 bits per heavy atom. The molecule has 0 N–H and O–H groups in total. The average molecular weight is 424 g/mol. The molecule has 146 valence electrons. The summed E-state index contributed by atoms with van der Waals surface area (Å²) in [6.45, 7) is 3.86. The van der Waals surface area contributed by atoms with Gasteiger partial charge in [-0.25, -0.2) is 14.5 Å². The number of esters is 1. The molecular weight excluding hydrogens is 406 g/mol. The summed E-state index contributed by atoms with van der Waals surface area (Å²) >= 11 is 7.94. The van der Waals surface area contributed by atoms with Crippen LogP contribution in [0, 0.1) is 13.8 Å². The van der Waals surface area contributed by atoms with Gasteiger partial charge in [0.2, 0.25) is 0 Å². The first-order valence-corrected chi connectivity index (χ1v) is 10.3. The molecule has 4 rings (SSSR count). The van der Waals surface area contributed by atoms with E-state index in [9.17, 15) is 4.79 Å². The number of hydrogen-bond acceptors (Lipinski definition) is 5. The number of carbonyl (C=O) groups excluding carboxylic acids is 1. The van der Waals surface area contributed by atoms with Crippen molar-refractivity contribution in [3.05, 3.63) is 87.6 Å². The van der Waals surface area contributed by atoms with Crippen LogP contribution in [0.15, 0.2) is 60.0 Å². The molecule has 4 aromatic rings. The third-order valence-electron chi connectivity index (χ3n) is 4.41. The quantitative estimate of drug-likeness (QED) is 0.391. The predicted octanol–water partition coefficient (Wildman–Crippen LogP) is 5.62. The standard InChI is InChI=1S/C22H18ClN3O2S/c1-14-8-10-16(11-9-14)21-24-17(13-29-21)12-28-22(27)19-15(2)25-26(20(19)23)18-6-4-3-5-7-18/h3-11,13H,12H2,1-2H3. The molecule has 2 heterocycles. The number of hydrogen-bond donors (Lipinski definition) is 0. The minimum atomic E-state index is -0.514. The first-order chi connectivity index (χ1) is 14.0. The van der Waals surface area contributed by atoms with Gasteiger partial charge >= 0.3 is 5.97 Å². The van der Waals surface area contributed by atoms with Gasteiger partial charge < -0.3 is 4.74 Å². The van der Waals surface area contributed by atoms with Crippen LogP contribution in [0.1, 0.15) is 27.3 Å². The van der Waals surface area contributed by atoms with Gasteiger partial charge in [-0.05, 0) is 26.0 Å². The molecule has 0 spiro atoms. The molecule has 0 unspecified atom stereocenters. The number of aromatic nitrogens is 3. The zero-order valence-electron chi connectivity index (χ0n) is 15.9. The van der Waals surface area contributed by atoms with Gasteiger partial charge in [0.25, 0.3) is 0 Å². The number of thiazole rings is 1. The highest BCUT2D eigenvalue weighted by molar-refractivity contribution is 7.13. The molecule has 0 saturated carbocycles. The van der Waals surface area contributed by atoms with Crippen LogP contribution >= 0.6 is 22.9 Å². The Hall–Kier alpha value is -2.96. The third kappa shape index (κ3) is 4.09. The van der Waals surface area contributed by atoms with E-state index in [2.05, 4.69) is 10.1 Å². The Kier molecular flexibility index (Phi) is 5.47. The van der Waals surface area contributed by atoms with Crippen molar-refractivity contribution in [3.63, 3.8) is 0 Å². The Balaban J connectivity index is 1.48. The summed E-state index contributed by atoms with van der Waals surface area (Å²) in [6.07, 6.45) is 0. The number of ether oxygens (including phenoxy) is 1. The van der Waals surface area contributed by atoms with Gasteiger partial charge in [0, 0.05) is 10.9 Å². The zero-order valence-corrected chi connectivity index (χ0v) is 17.5. The second kappa shape index (κ2) is 8.19. The van der Waals surface area contributed by atoms with Gasteiger partial charge in [0.05, 0.1) is 17.1 Å². The van der Waals surface area contributed by atoms with Gasteiger partial charge in [-0.1, -0.05) is 59.6 Å². The summed E-state index contributed by atoms with van der Waals surface area (Å²) in [4.78, 5) is 17.2. The van der Waals surface area contributed by atoms with Crippen LogP contribution in [0.25, 0.3) is 16.3 Å². The van der Waals surface area contributed by atoms with E-state index in [1.54, 1.807) is 6.92 Å². The van der Waals surface area contributed by atoms with Crippen LogP contribution in [-0.2, 0) is 11.3 Å². The molecule has 0 radical (unpaired) electrons. The van der Waals surface area contributed by atoms with Gasteiger partial charge in [0.1, 0.15) is 22.3 Å². The molecule has 2 aromatic heterocycles. The minimum absolute atomic E-state index is 0.0769. The lowest BCUT2D eigenvalue weighted by Gasteiger charge is -2.04. The Morgan fingerprint density at radius 1 is 1.10 bits per heavy atom. The molecule has 5 nitrogen and oxygen atoms in total. The zero-order chi connectivity index (χ0) is 20.4. The largest absolute Gasteiger partial charge is 0.455 e. The lowest BCUT2D eigenvalue weighted by molar-refractivity contribution is 0.0468. The maximum atomic E-state index is 12.6. The molecule has 2 aromatic carbocycles. The van der Waals surface area contributed by atoms with Crippen molar-refractivity contribution in [2.45, 2.75) is 20.5 Å². The molecule has 0 atom stereocenters. The van der Waals surface area contributed by atoms with E-state index >= 15 is 0 Å². The second-order valence-corrected chi connectivity index (χ2v) is 7.80. The van der Waals surface area contributed by atoms with E-state index in [0.717, 1.165) is 16.3 Å². The van der Waals surface area contributed by atoms with Crippen molar-refractivity contribution in [2.24, 2.45) is 0 Å². The van der Waals surface area contributed by atoms with E-state index in [1.807, 2.05) is 66.9 Å². The summed E-state index contributed by atoms with van der Waals surface area (Å²) in [5, 5.41) is 7.40. The minimum Gasteiger partial charge on any atom is -0.455 e. The number of rotatable bonds is 5. The fourth-order valence-electron chi connectivity index (χ4n) is 2.88. The Morgan fingerprint density at radius 3 is 2.55 bits per heavy atom. The summed E-state index contributed by atoms with van der Waals surface area (Å²) in [6, 6.07) is 17.6. The normalized spacial score (nSPS) is 10.9. The van der Waals surface area contributed by atoms with E-state index in [1.165, 1.54) is 21.6 Å². The topological polar surface area (TPSA) is 57.0 Å². The number of aryl methyl sites for hydroxylation is 2. The van der Waals surface area contributed by atoms with Crippen LogP contribution in [0.4, 0.5) is 0 Å². The molecule has 0 fully saturated rings. The van der Waals surface area contributed by atoms with E-state index in [4.69, 9.17) is 16.3 Å². The first kappa shape index (κ1) is 19.4. The molecule has 29 heavy (non-hydrogen) atoms. The van der Waals surface area contributed by atoms with E-state index < -0.39 is 5.97 Å². The SMILES string of the molecule is Cc1ccc(-c2nc(COC(=O)c3c(C)nn(-c4ccccc4)c3Cl)cs2)cc1. The summed E-state index contributed by atoms with van der Waals surface area (Å²) in [5.41, 5.74) is 4.50. The van der Waals surface area contributed by atoms with Crippen molar-refractivity contribution >= 4 is 28.9 Å². The van der Waals surface area contributed by atoms with Crippen molar-refractivity contribution in [3.8, 4) is 16.3 Å². The molecule has 0 saturated heterocycles. The highest BCUT2D eigenvalue weighted by Gasteiger charge is 2.22. The Bertz CT molecular complexity index is 1150. The lowest BCUT2D eigenvalue weighted by Crippen LogP contribution is -2.07. The molecular formula is C22H18ClN3O2S. The lowest BCUT2D eigenvalue weighted by atomic mass is 10.2. The molecule has 0 amide bonds. The number of benzene rings is 2. The van der Waals surface area contributed by atoms with Crippen LogP contribution < -0.4 is 0 Å². The van der Waals surface area contributed by atoms with Gasteiger partial charge in [-0.3, -0.25) is 0 Å². The fraction of sp³-hybridized carbons (Fsp3) is 0.136. The summed E-state index contributed by atoms with van der Waals surface area (Å²) < 4.78 is 6.99. The van der Waals surface area contributed by atoms with Crippen molar-refractivity contribution < 1.29 is 9.53 Å². The van der Waals surface area contributed by atoms with Crippen molar-refractivity contribution in [1.29, 1.82) is 0 Å². The molecule has 0 aliphatic carbocycles. The number of nitrogens with zero attached hydrogens (tertiary/aromatic N) is 3. The maximum absolute atomic E-state index is 12.6. The fourth-order valence-corrected chi connectivity index (χ4v) is 4.04. The average Bonchev–Trinajstić information content (AvgIpc) is 3.32. The monoisotopic (exact) mass is 423 g/mol. The van der Waals surface area contributed by atoms with Crippen LogP contribution in [0.5, 0.6) is 0 Å². The Labute approximate surface area is 177 Å². The number of carbonyl (C=O) groups is 1. The molecule has 7 heteroatoms. The maximum Gasteiger partial charge on any atom is 0.343 e. The van der Waals surface area contributed by atoms with Crippen LogP contribution in [0.2, 0.25) is 5.15 Å². The smallest absolute Gasteiger partial charge is 0.343 e. The van der Waals surface area contributed by atoms with Crippen molar-refractivity contribution in [1.82, 2.24) is 14.8 Å². The van der Waals surface area contributed by atoms with Gasteiger partial charge in [0.15, 0.2) is 0 Å². The number of halogens is 1. The van der Waals surface area contributed by atoms with E-state index in [0.29, 0.717) is 11.4 Å². The highest BCUT2D eigenvalue weighted by Crippen LogP contribution is 2.26. The van der Waals surface area contributed by atoms with Gasteiger partial charge in [-0.15, -0.1) is 11.3 Å². The highest BCUT2D eigenvalue weighted by atomic mass is 35.5. The molecule has 0 bridgehead atoms. The molecule has 0 aliphatic heterocycles.